The molecule has 2 aromatic rings. The Morgan fingerprint density at radius 1 is 1.21 bits per heavy atom. The Kier molecular flexibility index (Phi) is 4.27. The van der Waals surface area contributed by atoms with Crippen molar-refractivity contribution in [2.45, 2.75) is 13.0 Å². The number of methoxy groups -OCH3 is 1. The van der Waals surface area contributed by atoms with Gasteiger partial charge >= 0.3 is 0 Å². The molecule has 0 aromatic heterocycles. The summed E-state index contributed by atoms with van der Waals surface area (Å²) >= 11 is 5.87. The van der Waals surface area contributed by atoms with E-state index in [1.165, 1.54) is 12.1 Å². The molecule has 0 spiro atoms. The molecule has 0 saturated carbocycles. The number of hydrogen-bond acceptors (Lipinski definition) is 2. The van der Waals surface area contributed by atoms with Crippen LogP contribution in [0.15, 0.2) is 42.5 Å². The summed E-state index contributed by atoms with van der Waals surface area (Å²) in [6.07, 6.45) is 0. The smallest absolute Gasteiger partial charge is 0.146 e. The first-order valence-corrected chi connectivity index (χ1v) is 6.34. The van der Waals surface area contributed by atoms with Gasteiger partial charge in [-0.1, -0.05) is 29.8 Å². The molecule has 0 fully saturated rings. The van der Waals surface area contributed by atoms with Gasteiger partial charge in [0.15, 0.2) is 0 Å². The fourth-order valence-corrected chi connectivity index (χ4v) is 2.12. The third kappa shape index (κ3) is 3.18. The molecule has 4 heteroatoms. The fraction of sp³-hybridized carbons (Fsp3) is 0.200. The van der Waals surface area contributed by atoms with E-state index in [9.17, 15) is 4.39 Å². The van der Waals surface area contributed by atoms with Crippen LogP contribution in [-0.4, -0.2) is 7.11 Å². The Morgan fingerprint density at radius 2 is 1.95 bits per heavy atom. The summed E-state index contributed by atoms with van der Waals surface area (Å²) in [5.74, 6) is 0.441. The van der Waals surface area contributed by atoms with Crippen LogP contribution in [0.25, 0.3) is 0 Å². The molecule has 1 N–H and O–H groups in total. The van der Waals surface area contributed by atoms with Gasteiger partial charge in [0.25, 0.3) is 0 Å². The standard InChI is InChI=1S/C15H15ClFNO/c1-10(12-5-3-4-6-15(12)19-2)18-14-9-11(16)7-8-13(14)17/h3-10,18H,1-2H3. The van der Waals surface area contributed by atoms with Gasteiger partial charge in [0.05, 0.1) is 18.8 Å². The van der Waals surface area contributed by atoms with E-state index in [-0.39, 0.29) is 11.9 Å². The summed E-state index contributed by atoms with van der Waals surface area (Å²) in [5, 5.41) is 3.60. The van der Waals surface area contributed by atoms with E-state index in [4.69, 9.17) is 16.3 Å². The van der Waals surface area contributed by atoms with Crippen LogP contribution < -0.4 is 10.1 Å². The van der Waals surface area contributed by atoms with Crippen molar-refractivity contribution in [1.82, 2.24) is 0 Å². The van der Waals surface area contributed by atoms with Crippen LogP contribution in [0.5, 0.6) is 5.75 Å². The van der Waals surface area contributed by atoms with E-state index in [2.05, 4.69) is 5.32 Å². The number of anilines is 1. The number of halogens is 2. The monoisotopic (exact) mass is 279 g/mol. The molecule has 0 aliphatic carbocycles. The maximum Gasteiger partial charge on any atom is 0.146 e. The molecule has 0 amide bonds. The molecular weight excluding hydrogens is 265 g/mol. The van der Waals surface area contributed by atoms with Gasteiger partial charge in [-0.15, -0.1) is 0 Å². The lowest BCUT2D eigenvalue weighted by molar-refractivity contribution is 0.408. The molecule has 0 aliphatic heterocycles. The van der Waals surface area contributed by atoms with Crippen molar-refractivity contribution in [1.29, 1.82) is 0 Å². The van der Waals surface area contributed by atoms with Gasteiger partial charge in [0.2, 0.25) is 0 Å². The number of para-hydroxylation sites is 1. The van der Waals surface area contributed by atoms with Crippen molar-refractivity contribution < 1.29 is 9.13 Å². The van der Waals surface area contributed by atoms with Gasteiger partial charge in [-0.2, -0.15) is 0 Å². The second-order valence-electron chi connectivity index (χ2n) is 4.23. The van der Waals surface area contributed by atoms with Crippen LogP contribution in [-0.2, 0) is 0 Å². The van der Waals surface area contributed by atoms with Crippen molar-refractivity contribution in [2.24, 2.45) is 0 Å². The van der Waals surface area contributed by atoms with E-state index in [1.54, 1.807) is 13.2 Å². The van der Waals surface area contributed by atoms with Crippen molar-refractivity contribution in [2.75, 3.05) is 12.4 Å². The van der Waals surface area contributed by atoms with E-state index >= 15 is 0 Å². The van der Waals surface area contributed by atoms with Gasteiger partial charge in [0.1, 0.15) is 11.6 Å². The minimum atomic E-state index is -0.328. The summed E-state index contributed by atoms with van der Waals surface area (Å²) in [6.45, 7) is 1.94. The fourth-order valence-electron chi connectivity index (χ4n) is 1.94. The maximum atomic E-state index is 13.7. The summed E-state index contributed by atoms with van der Waals surface area (Å²) < 4.78 is 19.0. The molecule has 0 heterocycles. The van der Waals surface area contributed by atoms with E-state index in [0.29, 0.717) is 10.7 Å². The Morgan fingerprint density at radius 3 is 2.68 bits per heavy atom. The predicted octanol–water partition coefficient (Wildman–Crippen LogP) is 4.66. The molecular formula is C15H15ClFNO. The minimum absolute atomic E-state index is 0.0934. The topological polar surface area (TPSA) is 21.3 Å². The van der Waals surface area contributed by atoms with Crippen LogP contribution in [0.1, 0.15) is 18.5 Å². The molecule has 2 nitrogen and oxygen atoms in total. The van der Waals surface area contributed by atoms with Crippen molar-refractivity contribution in [3.8, 4) is 5.75 Å². The van der Waals surface area contributed by atoms with Crippen LogP contribution in [0.2, 0.25) is 5.02 Å². The zero-order valence-corrected chi connectivity index (χ0v) is 11.5. The molecule has 0 aliphatic rings. The summed E-state index contributed by atoms with van der Waals surface area (Å²) in [7, 11) is 1.62. The van der Waals surface area contributed by atoms with Crippen molar-refractivity contribution in [3.63, 3.8) is 0 Å². The molecule has 0 saturated heterocycles. The van der Waals surface area contributed by atoms with Gasteiger partial charge < -0.3 is 10.1 Å². The lowest BCUT2D eigenvalue weighted by atomic mass is 10.1. The first-order valence-electron chi connectivity index (χ1n) is 5.96. The number of nitrogens with one attached hydrogen (secondary N) is 1. The molecule has 1 atom stereocenters. The summed E-state index contributed by atoms with van der Waals surface area (Å²) in [6, 6.07) is 12.0. The van der Waals surface area contributed by atoms with E-state index in [0.717, 1.165) is 11.3 Å². The SMILES string of the molecule is COc1ccccc1C(C)Nc1cc(Cl)ccc1F. The Hall–Kier alpha value is -1.74. The second kappa shape index (κ2) is 5.93. The zero-order chi connectivity index (χ0) is 13.8. The van der Waals surface area contributed by atoms with Gasteiger partial charge in [-0.3, -0.25) is 0 Å². The highest BCUT2D eigenvalue weighted by Crippen LogP contribution is 2.29. The molecule has 19 heavy (non-hydrogen) atoms. The number of rotatable bonds is 4. The highest BCUT2D eigenvalue weighted by atomic mass is 35.5. The molecule has 100 valence electrons. The Balaban J connectivity index is 2.25. The molecule has 2 aromatic carbocycles. The first-order chi connectivity index (χ1) is 9.11. The number of ether oxygens (including phenoxy) is 1. The quantitative estimate of drug-likeness (QED) is 0.879. The first kappa shape index (κ1) is 13.7. The van der Waals surface area contributed by atoms with E-state index < -0.39 is 0 Å². The molecule has 0 radical (unpaired) electrons. The highest BCUT2D eigenvalue weighted by molar-refractivity contribution is 6.30. The average Bonchev–Trinajstić information content (AvgIpc) is 2.42. The van der Waals surface area contributed by atoms with E-state index in [1.807, 2.05) is 31.2 Å². The summed E-state index contributed by atoms with van der Waals surface area (Å²) in [4.78, 5) is 0. The van der Waals surface area contributed by atoms with Crippen LogP contribution in [0.3, 0.4) is 0 Å². The Labute approximate surface area is 117 Å². The maximum absolute atomic E-state index is 13.7. The normalized spacial score (nSPS) is 12.0. The van der Waals surface area contributed by atoms with Gasteiger partial charge in [-0.25, -0.2) is 4.39 Å². The lowest BCUT2D eigenvalue weighted by Gasteiger charge is -2.18. The van der Waals surface area contributed by atoms with Crippen LogP contribution in [0.4, 0.5) is 10.1 Å². The summed E-state index contributed by atoms with van der Waals surface area (Å²) in [5.41, 5.74) is 1.34. The van der Waals surface area contributed by atoms with Crippen molar-refractivity contribution in [3.05, 3.63) is 58.9 Å². The predicted molar refractivity (Wildman–Crippen MR) is 76.4 cm³/mol. The average molecular weight is 280 g/mol. The number of hydrogen-bond donors (Lipinski definition) is 1. The third-order valence-electron chi connectivity index (χ3n) is 2.91. The van der Waals surface area contributed by atoms with Crippen LogP contribution >= 0.6 is 11.6 Å². The lowest BCUT2D eigenvalue weighted by Crippen LogP contribution is -2.09. The number of benzene rings is 2. The third-order valence-corrected chi connectivity index (χ3v) is 3.14. The molecule has 2 rings (SSSR count). The van der Waals surface area contributed by atoms with Crippen LogP contribution in [0, 0.1) is 5.82 Å². The highest BCUT2D eigenvalue weighted by Gasteiger charge is 2.12. The largest absolute Gasteiger partial charge is 0.496 e. The Bertz CT molecular complexity index is 574. The van der Waals surface area contributed by atoms with Gasteiger partial charge in [0, 0.05) is 10.6 Å². The molecule has 1 unspecified atom stereocenters. The minimum Gasteiger partial charge on any atom is -0.496 e. The second-order valence-corrected chi connectivity index (χ2v) is 4.67. The molecule has 0 bridgehead atoms. The van der Waals surface area contributed by atoms with Gasteiger partial charge in [-0.05, 0) is 31.2 Å². The zero-order valence-electron chi connectivity index (χ0n) is 10.8. The van der Waals surface area contributed by atoms with Crippen molar-refractivity contribution >= 4 is 17.3 Å².